The van der Waals surface area contributed by atoms with Gasteiger partial charge in [-0.05, 0) is 62.7 Å². The second kappa shape index (κ2) is 13.8. The van der Waals surface area contributed by atoms with Gasteiger partial charge in [-0.1, -0.05) is 60.0 Å². The van der Waals surface area contributed by atoms with E-state index in [0.717, 1.165) is 22.6 Å². The molecule has 0 fully saturated rings. The molecular weight excluding hydrogens is 614 g/mol. The molecule has 0 saturated heterocycles. The molecule has 0 radical (unpaired) electrons. The molecule has 3 rings (SSSR count). The molecule has 0 unspecified atom stereocenters. The van der Waals surface area contributed by atoms with Crippen molar-refractivity contribution in [2.45, 2.75) is 50.9 Å². The van der Waals surface area contributed by atoms with E-state index in [1.807, 2.05) is 6.92 Å². The summed E-state index contributed by atoms with van der Waals surface area (Å²) in [6.45, 7) is 4.20. The molecular formula is C29H30Cl2F3N3O4S. The number of benzene rings is 3. The van der Waals surface area contributed by atoms with Crippen LogP contribution in [0.4, 0.5) is 18.9 Å². The average molecular weight is 645 g/mol. The lowest BCUT2D eigenvalue weighted by Gasteiger charge is -2.32. The van der Waals surface area contributed by atoms with Crippen LogP contribution < -0.4 is 9.62 Å². The molecule has 0 bridgehead atoms. The van der Waals surface area contributed by atoms with Crippen molar-refractivity contribution in [1.29, 1.82) is 0 Å². The number of anilines is 1. The van der Waals surface area contributed by atoms with E-state index in [9.17, 15) is 31.2 Å². The van der Waals surface area contributed by atoms with E-state index in [2.05, 4.69) is 5.32 Å². The number of alkyl halides is 3. The summed E-state index contributed by atoms with van der Waals surface area (Å²) in [6.07, 6.45) is -4.14. The van der Waals surface area contributed by atoms with Crippen molar-refractivity contribution in [2.24, 2.45) is 0 Å². The van der Waals surface area contributed by atoms with Crippen molar-refractivity contribution < 1.29 is 31.2 Å². The summed E-state index contributed by atoms with van der Waals surface area (Å²) in [5.41, 5.74) is -0.400. The van der Waals surface area contributed by atoms with Gasteiger partial charge in [0.25, 0.3) is 10.0 Å². The van der Waals surface area contributed by atoms with Gasteiger partial charge in [0, 0.05) is 28.7 Å². The van der Waals surface area contributed by atoms with Crippen molar-refractivity contribution in [3.8, 4) is 0 Å². The minimum absolute atomic E-state index is 0.212. The Morgan fingerprint density at radius 2 is 1.57 bits per heavy atom. The van der Waals surface area contributed by atoms with E-state index >= 15 is 0 Å². The molecule has 0 aliphatic rings. The van der Waals surface area contributed by atoms with Crippen LogP contribution in [0.5, 0.6) is 0 Å². The van der Waals surface area contributed by atoms with Gasteiger partial charge in [-0.2, -0.15) is 13.2 Å². The Labute approximate surface area is 253 Å². The van der Waals surface area contributed by atoms with E-state index in [-0.39, 0.29) is 27.2 Å². The molecule has 0 aromatic heterocycles. The predicted octanol–water partition coefficient (Wildman–Crippen LogP) is 6.46. The summed E-state index contributed by atoms with van der Waals surface area (Å²) in [6, 6.07) is 12.9. The average Bonchev–Trinajstić information content (AvgIpc) is 2.93. The van der Waals surface area contributed by atoms with Gasteiger partial charge in [-0.25, -0.2) is 8.42 Å². The zero-order chi connectivity index (χ0) is 31.2. The number of halogens is 5. The van der Waals surface area contributed by atoms with E-state index in [4.69, 9.17) is 23.2 Å². The number of sulfonamides is 1. The maximum atomic E-state index is 13.9. The second-order valence-electron chi connectivity index (χ2n) is 9.56. The molecule has 0 saturated carbocycles. The van der Waals surface area contributed by atoms with Gasteiger partial charge in [0.2, 0.25) is 11.8 Å². The number of nitrogens with zero attached hydrogens (tertiary/aromatic N) is 2. The highest BCUT2D eigenvalue weighted by atomic mass is 35.5. The molecule has 42 heavy (non-hydrogen) atoms. The molecule has 0 aliphatic carbocycles. The minimum Gasteiger partial charge on any atom is -0.354 e. The Morgan fingerprint density at radius 3 is 2.14 bits per heavy atom. The fourth-order valence-electron chi connectivity index (χ4n) is 4.04. The third kappa shape index (κ3) is 7.96. The summed E-state index contributed by atoms with van der Waals surface area (Å²) < 4.78 is 69.0. The fraction of sp³-hybridized carbons (Fsp3) is 0.310. The second-order valence-corrected chi connectivity index (χ2v) is 12.2. The number of hydrogen-bond acceptors (Lipinski definition) is 4. The molecule has 13 heteroatoms. The van der Waals surface area contributed by atoms with Crippen LogP contribution in [0.1, 0.15) is 37.0 Å². The molecule has 2 amide bonds. The zero-order valence-electron chi connectivity index (χ0n) is 23.1. The third-order valence-electron chi connectivity index (χ3n) is 6.46. The standard InChI is InChI=1S/C29H30Cl2F3N3O4S/c1-4-15-35-28(39)20(3)36(17-24-25(30)9-6-10-26(24)31)27(38)18-37(22-8-5-7-21(16-22)29(32,33)34)42(40,41)23-13-11-19(2)12-14-23/h5-14,16,20H,4,15,17-18H2,1-3H3,(H,35,39)/t20-/m0/s1. The van der Waals surface area contributed by atoms with Gasteiger partial charge >= 0.3 is 6.18 Å². The van der Waals surface area contributed by atoms with Crippen LogP contribution in [-0.2, 0) is 32.3 Å². The van der Waals surface area contributed by atoms with Gasteiger partial charge in [0.05, 0.1) is 16.1 Å². The van der Waals surface area contributed by atoms with Gasteiger partial charge in [-0.3, -0.25) is 13.9 Å². The maximum Gasteiger partial charge on any atom is 0.416 e. The van der Waals surface area contributed by atoms with Crippen LogP contribution in [0.3, 0.4) is 0 Å². The monoisotopic (exact) mass is 643 g/mol. The maximum absolute atomic E-state index is 13.9. The first kappa shape index (κ1) is 33.2. The van der Waals surface area contributed by atoms with Crippen LogP contribution in [0.15, 0.2) is 71.6 Å². The molecule has 0 aliphatic heterocycles. The summed E-state index contributed by atoms with van der Waals surface area (Å²) in [5.74, 6) is -1.38. The highest BCUT2D eigenvalue weighted by molar-refractivity contribution is 7.92. The van der Waals surface area contributed by atoms with Crippen molar-refractivity contribution in [3.05, 3.63) is 93.5 Å². The lowest BCUT2D eigenvalue weighted by atomic mass is 10.1. The number of amides is 2. The van der Waals surface area contributed by atoms with E-state index in [1.165, 1.54) is 37.3 Å². The normalized spacial score (nSPS) is 12.5. The van der Waals surface area contributed by atoms with E-state index in [0.29, 0.717) is 28.9 Å². The molecule has 1 N–H and O–H groups in total. The van der Waals surface area contributed by atoms with Crippen LogP contribution in [0, 0.1) is 6.92 Å². The first-order valence-electron chi connectivity index (χ1n) is 12.9. The first-order chi connectivity index (χ1) is 19.7. The van der Waals surface area contributed by atoms with Gasteiger partial charge in [-0.15, -0.1) is 0 Å². The Morgan fingerprint density at radius 1 is 0.976 bits per heavy atom. The number of hydrogen-bond donors (Lipinski definition) is 1. The molecule has 7 nitrogen and oxygen atoms in total. The largest absolute Gasteiger partial charge is 0.416 e. The predicted molar refractivity (Wildman–Crippen MR) is 157 cm³/mol. The van der Waals surface area contributed by atoms with Gasteiger partial charge in [0.1, 0.15) is 12.6 Å². The molecule has 0 spiro atoms. The van der Waals surface area contributed by atoms with Crippen molar-refractivity contribution in [3.63, 3.8) is 0 Å². The summed E-state index contributed by atoms with van der Waals surface area (Å²) >= 11 is 12.7. The number of aryl methyl sites for hydroxylation is 1. The van der Waals surface area contributed by atoms with Gasteiger partial charge < -0.3 is 10.2 Å². The van der Waals surface area contributed by atoms with Crippen LogP contribution in [0.25, 0.3) is 0 Å². The lowest BCUT2D eigenvalue weighted by molar-refractivity contribution is -0.139. The summed E-state index contributed by atoms with van der Waals surface area (Å²) in [4.78, 5) is 27.7. The molecule has 1 atom stereocenters. The highest BCUT2D eigenvalue weighted by Crippen LogP contribution is 2.34. The first-order valence-corrected chi connectivity index (χ1v) is 15.1. The third-order valence-corrected chi connectivity index (χ3v) is 8.95. The molecule has 0 heterocycles. The minimum atomic E-state index is -4.77. The molecule has 226 valence electrons. The number of carbonyl (C=O) groups is 2. The van der Waals surface area contributed by atoms with Crippen LogP contribution in [0.2, 0.25) is 10.0 Å². The van der Waals surface area contributed by atoms with Gasteiger partial charge in [0.15, 0.2) is 0 Å². The zero-order valence-corrected chi connectivity index (χ0v) is 25.4. The Kier molecular flexibility index (Phi) is 10.9. The molecule has 3 aromatic rings. The Bertz CT molecular complexity index is 1510. The van der Waals surface area contributed by atoms with Crippen LogP contribution in [-0.4, -0.2) is 44.3 Å². The number of rotatable bonds is 11. The summed E-state index contributed by atoms with van der Waals surface area (Å²) in [5, 5.41) is 3.12. The number of nitrogens with one attached hydrogen (secondary N) is 1. The molecule has 3 aromatic carbocycles. The van der Waals surface area contributed by atoms with Crippen molar-refractivity contribution in [2.75, 3.05) is 17.4 Å². The van der Waals surface area contributed by atoms with Crippen molar-refractivity contribution in [1.82, 2.24) is 10.2 Å². The number of carbonyl (C=O) groups excluding carboxylic acids is 2. The van der Waals surface area contributed by atoms with Crippen LogP contribution >= 0.6 is 23.2 Å². The fourth-order valence-corrected chi connectivity index (χ4v) is 5.96. The SMILES string of the molecule is CCCNC(=O)[C@H](C)N(Cc1c(Cl)cccc1Cl)C(=O)CN(c1cccc(C(F)(F)F)c1)S(=O)(=O)c1ccc(C)cc1. The quantitative estimate of drug-likeness (QED) is 0.260. The highest BCUT2D eigenvalue weighted by Gasteiger charge is 2.35. The van der Waals surface area contributed by atoms with E-state index < -0.39 is 46.2 Å². The Hall–Kier alpha value is -3.28. The van der Waals surface area contributed by atoms with E-state index in [1.54, 1.807) is 25.1 Å². The smallest absolute Gasteiger partial charge is 0.354 e. The lowest BCUT2D eigenvalue weighted by Crippen LogP contribution is -2.51. The topological polar surface area (TPSA) is 86.8 Å². The Balaban J connectivity index is 2.12. The summed E-state index contributed by atoms with van der Waals surface area (Å²) in [7, 11) is -4.55. The van der Waals surface area contributed by atoms with Crippen molar-refractivity contribution >= 4 is 50.7 Å².